The Bertz CT molecular complexity index is 1730. The number of aromatic nitrogens is 5. The third-order valence-corrected chi connectivity index (χ3v) is 8.81. The number of imidazole rings is 1. The maximum Gasteiger partial charge on any atom is 0.257 e. The number of carbonyl (C=O) groups excluding carboxylic acids is 1. The molecule has 0 spiro atoms. The summed E-state index contributed by atoms with van der Waals surface area (Å²) in [5.41, 5.74) is 5.71. The molecule has 1 fully saturated rings. The van der Waals surface area contributed by atoms with E-state index in [4.69, 9.17) is 21.4 Å². The molecule has 210 valence electrons. The Morgan fingerprint density at radius 3 is 2.78 bits per heavy atom. The van der Waals surface area contributed by atoms with E-state index < -0.39 is 12.2 Å². The molecule has 0 aliphatic carbocycles. The van der Waals surface area contributed by atoms with Crippen molar-refractivity contribution in [2.24, 2.45) is 0 Å². The number of nitrogens with zero attached hydrogens (tertiary/aromatic N) is 6. The van der Waals surface area contributed by atoms with Gasteiger partial charge in [-0.25, -0.2) is 14.4 Å². The second kappa shape index (κ2) is 10.6. The van der Waals surface area contributed by atoms with Crippen LogP contribution in [0.1, 0.15) is 23.0 Å². The summed E-state index contributed by atoms with van der Waals surface area (Å²) in [6, 6.07) is 9.46. The van der Waals surface area contributed by atoms with Gasteiger partial charge in [0.15, 0.2) is 11.2 Å². The lowest BCUT2D eigenvalue weighted by Gasteiger charge is -2.29. The zero-order valence-corrected chi connectivity index (χ0v) is 23.8. The molecular formula is C29H27ClFN7O2S. The molecule has 0 saturated carbocycles. The normalized spacial score (nSPS) is 17.6. The average Bonchev–Trinajstić information content (AvgIpc) is 3.78. The zero-order chi connectivity index (χ0) is 28.1. The molecule has 1 saturated heterocycles. The van der Waals surface area contributed by atoms with Crippen LogP contribution in [0.15, 0.2) is 54.4 Å². The third-order valence-electron chi connectivity index (χ3n) is 7.74. The number of hydrogen-bond acceptors (Lipinski definition) is 7. The number of hydrogen-bond donors (Lipinski definition) is 1. The molecule has 2 aliphatic heterocycles. The highest BCUT2D eigenvalue weighted by Gasteiger charge is 2.34. The first-order valence-corrected chi connectivity index (χ1v) is 14.7. The number of fused-ring (bicyclic) bond motifs is 2. The van der Waals surface area contributed by atoms with Gasteiger partial charge in [-0.1, -0.05) is 23.7 Å². The highest BCUT2D eigenvalue weighted by Crippen LogP contribution is 2.38. The van der Waals surface area contributed by atoms with Crippen molar-refractivity contribution in [1.29, 1.82) is 0 Å². The van der Waals surface area contributed by atoms with Crippen LogP contribution in [0.25, 0.3) is 22.0 Å². The summed E-state index contributed by atoms with van der Waals surface area (Å²) >= 11 is 8.32. The number of morpholine rings is 1. The second-order valence-corrected chi connectivity index (χ2v) is 11.6. The van der Waals surface area contributed by atoms with Crippen LogP contribution < -0.4 is 10.2 Å². The van der Waals surface area contributed by atoms with Crippen LogP contribution in [0.5, 0.6) is 0 Å². The molecule has 7 rings (SSSR count). The third kappa shape index (κ3) is 4.77. The van der Waals surface area contributed by atoms with Crippen molar-refractivity contribution in [3.8, 4) is 11.1 Å². The molecule has 2 aliphatic rings. The van der Waals surface area contributed by atoms with Crippen molar-refractivity contribution in [3.63, 3.8) is 0 Å². The topological polar surface area (TPSA) is 90.1 Å². The Labute approximate surface area is 244 Å². The van der Waals surface area contributed by atoms with Crippen molar-refractivity contribution in [2.75, 3.05) is 36.5 Å². The van der Waals surface area contributed by atoms with Crippen LogP contribution in [-0.2, 0) is 22.5 Å². The summed E-state index contributed by atoms with van der Waals surface area (Å²) in [6.07, 6.45) is 4.22. The molecule has 9 nitrogen and oxygen atoms in total. The summed E-state index contributed by atoms with van der Waals surface area (Å²) in [7, 11) is 0. The number of halogens is 2. The summed E-state index contributed by atoms with van der Waals surface area (Å²) < 4.78 is 23.1. The van der Waals surface area contributed by atoms with Crippen LogP contribution in [0.3, 0.4) is 0 Å². The Morgan fingerprint density at radius 2 is 2.02 bits per heavy atom. The summed E-state index contributed by atoms with van der Waals surface area (Å²) in [4.78, 5) is 24.7. The SMILES string of the molecule is Cc1cc(-c2ccc(N3CCOCC3)cc2)c(Cl)c2nn(C(C(=O)Nc3nccs3)c3ncn4c3CC(F)C4)cc12. The number of carbonyl (C=O) groups is 1. The highest BCUT2D eigenvalue weighted by atomic mass is 35.5. The first-order chi connectivity index (χ1) is 20.0. The lowest BCUT2D eigenvalue weighted by Crippen LogP contribution is -2.36. The van der Waals surface area contributed by atoms with E-state index in [-0.39, 0.29) is 18.9 Å². The van der Waals surface area contributed by atoms with Gasteiger partial charge in [0.2, 0.25) is 0 Å². The van der Waals surface area contributed by atoms with Gasteiger partial charge in [0.05, 0.1) is 36.8 Å². The number of ether oxygens (including phenoxy) is 1. The summed E-state index contributed by atoms with van der Waals surface area (Å²) in [5.74, 6) is -0.357. The standard InChI is InChI=1S/C29H27ClFN7O2S/c1-17-12-21(18-2-4-20(5-3-18)36-7-9-40-10-8-36)24(30)25-22(17)15-38(35-25)27(28(39)34-29-32-6-11-41-29)26-23-13-19(31)14-37(23)16-33-26/h2-6,11-12,15-16,19,27H,7-10,13-14H2,1H3,(H,32,34,39). The predicted molar refractivity (Wildman–Crippen MR) is 158 cm³/mol. The Hall–Kier alpha value is -3.80. The molecule has 1 N–H and O–H groups in total. The van der Waals surface area contributed by atoms with Crippen molar-refractivity contribution in [2.45, 2.75) is 32.1 Å². The number of benzene rings is 2. The Morgan fingerprint density at radius 1 is 1.22 bits per heavy atom. The molecule has 0 radical (unpaired) electrons. The van der Waals surface area contributed by atoms with Crippen LogP contribution in [0.4, 0.5) is 15.2 Å². The van der Waals surface area contributed by atoms with Gasteiger partial charge in [-0.05, 0) is 36.2 Å². The number of aryl methyl sites for hydroxylation is 1. The van der Waals surface area contributed by atoms with E-state index in [1.54, 1.807) is 27.2 Å². The first-order valence-electron chi connectivity index (χ1n) is 13.5. The first kappa shape index (κ1) is 26.1. The van der Waals surface area contributed by atoms with E-state index in [0.717, 1.165) is 54.1 Å². The van der Waals surface area contributed by atoms with Crippen LogP contribution in [-0.4, -0.2) is 62.7 Å². The van der Waals surface area contributed by atoms with Gasteiger partial charge in [-0.3, -0.25) is 14.8 Å². The average molecular weight is 592 g/mol. The van der Waals surface area contributed by atoms with Gasteiger partial charge in [-0.2, -0.15) is 5.10 Å². The van der Waals surface area contributed by atoms with E-state index in [1.165, 1.54) is 11.3 Å². The molecular weight excluding hydrogens is 565 g/mol. The number of alkyl halides is 1. The fourth-order valence-electron chi connectivity index (χ4n) is 5.69. The fourth-order valence-corrected chi connectivity index (χ4v) is 6.53. The summed E-state index contributed by atoms with van der Waals surface area (Å²) in [5, 5.41) is 11.3. The number of thiazole rings is 1. The van der Waals surface area contributed by atoms with E-state index in [9.17, 15) is 9.18 Å². The molecule has 2 aromatic carbocycles. The van der Waals surface area contributed by atoms with Crippen LogP contribution >= 0.6 is 22.9 Å². The van der Waals surface area contributed by atoms with Crippen molar-refractivity contribution >= 4 is 50.6 Å². The van der Waals surface area contributed by atoms with Crippen molar-refractivity contribution < 1.29 is 13.9 Å². The predicted octanol–water partition coefficient (Wildman–Crippen LogP) is 5.28. The lowest BCUT2D eigenvalue weighted by molar-refractivity contribution is -0.118. The molecule has 1 amide bonds. The second-order valence-electron chi connectivity index (χ2n) is 10.3. The maximum absolute atomic E-state index is 14.3. The lowest BCUT2D eigenvalue weighted by atomic mass is 10.0. The smallest absolute Gasteiger partial charge is 0.257 e. The van der Waals surface area contributed by atoms with Crippen molar-refractivity contribution in [1.82, 2.24) is 24.3 Å². The quantitative estimate of drug-likeness (QED) is 0.289. The monoisotopic (exact) mass is 591 g/mol. The minimum atomic E-state index is -1.01. The Balaban J connectivity index is 1.28. The molecule has 2 unspecified atom stereocenters. The molecule has 0 bridgehead atoms. The number of rotatable bonds is 6. The summed E-state index contributed by atoms with van der Waals surface area (Å²) in [6.45, 7) is 5.42. The molecule has 12 heteroatoms. The van der Waals surface area contributed by atoms with Gasteiger partial charge >= 0.3 is 0 Å². The van der Waals surface area contributed by atoms with Gasteiger partial charge in [0, 0.05) is 59.6 Å². The minimum absolute atomic E-state index is 0.196. The number of amides is 1. The largest absolute Gasteiger partial charge is 0.378 e. The van der Waals surface area contributed by atoms with Gasteiger partial charge in [0.25, 0.3) is 5.91 Å². The van der Waals surface area contributed by atoms with Crippen LogP contribution in [0, 0.1) is 6.92 Å². The minimum Gasteiger partial charge on any atom is -0.378 e. The number of nitrogens with one attached hydrogen (secondary N) is 1. The van der Waals surface area contributed by atoms with Gasteiger partial charge in [-0.15, -0.1) is 11.3 Å². The molecule has 2 atom stereocenters. The van der Waals surface area contributed by atoms with Crippen molar-refractivity contribution in [3.05, 3.63) is 76.4 Å². The van der Waals surface area contributed by atoms with E-state index >= 15 is 0 Å². The fraction of sp³-hybridized carbons (Fsp3) is 0.310. The zero-order valence-electron chi connectivity index (χ0n) is 22.3. The molecule has 5 heterocycles. The van der Waals surface area contributed by atoms with E-state index in [0.29, 0.717) is 27.1 Å². The van der Waals surface area contributed by atoms with Gasteiger partial charge < -0.3 is 14.2 Å². The Kier molecular flexibility index (Phi) is 6.72. The molecule has 41 heavy (non-hydrogen) atoms. The van der Waals surface area contributed by atoms with E-state index in [2.05, 4.69) is 44.5 Å². The molecule has 3 aromatic heterocycles. The highest BCUT2D eigenvalue weighted by molar-refractivity contribution is 7.13. The van der Waals surface area contributed by atoms with E-state index in [1.807, 2.05) is 19.2 Å². The maximum atomic E-state index is 14.3. The van der Waals surface area contributed by atoms with Gasteiger partial charge in [0.1, 0.15) is 11.7 Å². The number of anilines is 2. The molecule has 5 aromatic rings. The van der Waals surface area contributed by atoms with Crippen LogP contribution in [0.2, 0.25) is 5.02 Å².